The number of rotatable bonds is 2. The summed E-state index contributed by atoms with van der Waals surface area (Å²) < 4.78 is 10.7. The van der Waals surface area contributed by atoms with Crippen molar-refractivity contribution in [3.8, 4) is 0 Å². The van der Waals surface area contributed by atoms with Gasteiger partial charge in [-0.15, -0.1) is 0 Å². The van der Waals surface area contributed by atoms with Crippen molar-refractivity contribution in [2.45, 2.75) is 25.2 Å². The summed E-state index contributed by atoms with van der Waals surface area (Å²) in [6.45, 7) is 4.04. The molecule has 0 aromatic heterocycles. The fourth-order valence-electron chi connectivity index (χ4n) is 1.92. The molecule has 4 nitrogen and oxygen atoms in total. The van der Waals surface area contributed by atoms with E-state index in [2.05, 4.69) is 4.90 Å². The van der Waals surface area contributed by atoms with Crippen LogP contribution in [0.25, 0.3) is 0 Å². The minimum atomic E-state index is -0.157. The number of likely N-dealkylation sites (tertiary alicyclic amines) is 1. The molecule has 0 bridgehead atoms. The van der Waals surface area contributed by atoms with Crippen molar-refractivity contribution in [2.75, 3.05) is 32.8 Å². The molecule has 2 fully saturated rings. The molecule has 0 spiro atoms. The average molecular weight is 187 g/mol. The van der Waals surface area contributed by atoms with Crippen LogP contribution in [0.15, 0.2) is 0 Å². The number of β-amino-alcohol motifs (C(OH)–C–C–N with tert-alkyl or cyclic N) is 1. The summed E-state index contributed by atoms with van der Waals surface area (Å²) in [5, 5.41) is 9.43. The molecular formula is C9H17NO3. The van der Waals surface area contributed by atoms with E-state index in [4.69, 9.17) is 9.47 Å². The molecule has 0 aliphatic carbocycles. The Morgan fingerprint density at radius 2 is 2.08 bits per heavy atom. The highest BCUT2D eigenvalue weighted by molar-refractivity contribution is 4.73. The highest BCUT2D eigenvalue weighted by Crippen LogP contribution is 2.12. The van der Waals surface area contributed by atoms with Gasteiger partial charge in [0, 0.05) is 13.1 Å². The quantitative estimate of drug-likeness (QED) is 0.651. The second-order valence-corrected chi connectivity index (χ2v) is 3.73. The van der Waals surface area contributed by atoms with Gasteiger partial charge in [0.1, 0.15) is 0 Å². The summed E-state index contributed by atoms with van der Waals surface area (Å²) in [4.78, 5) is 2.21. The van der Waals surface area contributed by atoms with Crippen LogP contribution in [0.5, 0.6) is 0 Å². The topological polar surface area (TPSA) is 41.9 Å². The Labute approximate surface area is 78.4 Å². The maximum absolute atomic E-state index is 9.43. The molecule has 2 saturated heterocycles. The van der Waals surface area contributed by atoms with Gasteiger partial charge in [0.05, 0.1) is 19.3 Å². The number of nitrogens with zero attached hydrogens (tertiary/aromatic N) is 1. The Kier molecular flexibility index (Phi) is 3.16. The molecule has 1 unspecified atom stereocenters. The molecule has 4 heteroatoms. The fraction of sp³-hybridized carbons (Fsp3) is 1.00. The van der Waals surface area contributed by atoms with E-state index in [1.165, 1.54) is 0 Å². The van der Waals surface area contributed by atoms with Gasteiger partial charge < -0.3 is 14.6 Å². The van der Waals surface area contributed by atoms with Crippen LogP contribution in [0, 0.1) is 0 Å². The molecular weight excluding hydrogens is 170 g/mol. The van der Waals surface area contributed by atoms with Crippen LogP contribution in [0.1, 0.15) is 12.8 Å². The lowest BCUT2D eigenvalue weighted by Crippen LogP contribution is -2.42. The number of aliphatic hydroxyl groups excluding tert-OH is 1. The average Bonchev–Trinajstić information content (AvgIpc) is 2.57. The molecule has 0 saturated carbocycles. The van der Waals surface area contributed by atoms with Crippen LogP contribution in [0.2, 0.25) is 0 Å². The van der Waals surface area contributed by atoms with Crippen LogP contribution < -0.4 is 0 Å². The summed E-state index contributed by atoms with van der Waals surface area (Å²) in [5.74, 6) is 0. The largest absolute Gasteiger partial charge is 0.392 e. The third-order valence-corrected chi connectivity index (χ3v) is 2.58. The van der Waals surface area contributed by atoms with Crippen LogP contribution in [0.3, 0.4) is 0 Å². The maximum Gasteiger partial charge on any atom is 0.170 e. The van der Waals surface area contributed by atoms with Crippen molar-refractivity contribution >= 4 is 0 Å². The summed E-state index contributed by atoms with van der Waals surface area (Å²) in [7, 11) is 0. The molecule has 76 valence electrons. The molecule has 0 aromatic rings. The standard InChI is InChI=1S/C9H17NO3/c11-8-2-1-3-10(6-8)7-9-12-4-5-13-9/h8-9,11H,1-7H2. The SMILES string of the molecule is OC1CCCN(CC2OCCO2)C1. The van der Waals surface area contributed by atoms with E-state index in [1.54, 1.807) is 0 Å². The molecule has 0 aromatic carbocycles. The molecule has 2 rings (SSSR count). The molecule has 1 N–H and O–H groups in total. The zero-order chi connectivity index (χ0) is 9.10. The molecule has 2 aliphatic heterocycles. The van der Waals surface area contributed by atoms with Crippen molar-refractivity contribution in [1.29, 1.82) is 0 Å². The summed E-state index contributed by atoms with van der Waals surface area (Å²) in [6.07, 6.45) is 1.79. The lowest BCUT2D eigenvalue weighted by molar-refractivity contribution is -0.0719. The van der Waals surface area contributed by atoms with Gasteiger partial charge in [0.25, 0.3) is 0 Å². The first-order chi connectivity index (χ1) is 6.34. The van der Waals surface area contributed by atoms with E-state index in [0.29, 0.717) is 13.2 Å². The van der Waals surface area contributed by atoms with Gasteiger partial charge in [-0.1, -0.05) is 0 Å². The minimum absolute atomic E-state index is 0.0645. The maximum atomic E-state index is 9.43. The first-order valence-electron chi connectivity index (χ1n) is 4.98. The van der Waals surface area contributed by atoms with Gasteiger partial charge in [-0.3, -0.25) is 4.90 Å². The molecule has 0 radical (unpaired) electrons. The van der Waals surface area contributed by atoms with Gasteiger partial charge in [0.15, 0.2) is 6.29 Å². The Morgan fingerprint density at radius 1 is 1.31 bits per heavy atom. The van der Waals surface area contributed by atoms with E-state index < -0.39 is 0 Å². The van der Waals surface area contributed by atoms with E-state index >= 15 is 0 Å². The van der Waals surface area contributed by atoms with Crippen molar-refractivity contribution in [1.82, 2.24) is 4.90 Å². The third kappa shape index (κ3) is 2.64. The predicted octanol–water partition coefficient (Wildman–Crippen LogP) is -0.184. The minimum Gasteiger partial charge on any atom is -0.392 e. The lowest BCUT2D eigenvalue weighted by Gasteiger charge is -2.31. The van der Waals surface area contributed by atoms with Crippen molar-refractivity contribution in [3.05, 3.63) is 0 Å². The summed E-state index contributed by atoms with van der Waals surface area (Å²) in [6, 6.07) is 0. The summed E-state index contributed by atoms with van der Waals surface area (Å²) >= 11 is 0. The highest BCUT2D eigenvalue weighted by atomic mass is 16.7. The van der Waals surface area contributed by atoms with Crippen LogP contribution in [0.4, 0.5) is 0 Å². The third-order valence-electron chi connectivity index (χ3n) is 2.58. The van der Waals surface area contributed by atoms with Gasteiger partial charge >= 0.3 is 0 Å². The zero-order valence-corrected chi connectivity index (χ0v) is 7.82. The first-order valence-corrected chi connectivity index (χ1v) is 4.98. The Balaban J connectivity index is 1.73. The summed E-state index contributed by atoms with van der Waals surface area (Å²) in [5.41, 5.74) is 0. The number of ether oxygens (including phenoxy) is 2. The van der Waals surface area contributed by atoms with Gasteiger partial charge in [-0.2, -0.15) is 0 Å². The van der Waals surface area contributed by atoms with Crippen LogP contribution >= 0.6 is 0 Å². The number of piperidine rings is 1. The molecule has 0 amide bonds. The first kappa shape index (κ1) is 9.40. The monoisotopic (exact) mass is 187 g/mol. The van der Waals surface area contributed by atoms with E-state index in [-0.39, 0.29) is 12.4 Å². The number of hydrogen-bond donors (Lipinski definition) is 1. The van der Waals surface area contributed by atoms with Crippen molar-refractivity contribution in [3.63, 3.8) is 0 Å². The Hall–Kier alpha value is -0.160. The van der Waals surface area contributed by atoms with Crippen molar-refractivity contribution < 1.29 is 14.6 Å². The van der Waals surface area contributed by atoms with E-state index in [9.17, 15) is 5.11 Å². The lowest BCUT2D eigenvalue weighted by atomic mass is 10.1. The number of aliphatic hydroxyl groups is 1. The number of hydrogen-bond acceptors (Lipinski definition) is 4. The normalized spacial score (nSPS) is 32.5. The fourth-order valence-corrected chi connectivity index (χ4v) is 1.92. The van der Waals surface area contributed by atoms with Gasteiger partial charge in [0.2, 0.25) is 0 Å². The zero-order valence-electron chi connectivity index (χ0n) is 7.82. The predicted molar refractivity (Wildman–Crippen MR) is 47.4 cm³/mol. The molecule has 2 aliphatic rings. The van der Waals surface area contributed by atoms with Crippen LogP contribution in [-0.2, 0) is 9.47 Å². The van der Waals surface area contributed by atoms with Gasteiger partial charge in [-0.05, 0) is 19.4 Å². The molecule has 2 heterocycles. The van der Waals surface area contributed by atoms with E-state index in [1.807, 2.05) is 0 Å². The van der Waals surface area contributed by atoms with Gasteiger partial charge in [-0.25, -0.2) is 0 Å². The second-order valence-electron chi connectivity index (χ2n) is 3.73. The molecule has 13 heavy (non-hydrogen) atoms. The van der Waals surface area contributed by atoms with Crippen molar-refractivity contribution in [2.24, 2.45) is 0 Å². The highest BCUT2D eigenvalue weighted by Gasteiger charge is 2.23. The van der Waals surface area contributed by atoms with Crippen LogP contribution in [-0.4, -0.2) is 55.2 Å². The van der Waals surface area contributed by atoms with E-state index in [0.717, 1.165) is 32.5 Å². The smallest absolute Gasteiger partial charge is 0.170 e. The Morgan fingerprint density at radius 3 is 2.77 bits per heavy atom. The second kappa shape index (κ2) is 4.37. The molecule has 1 atom stereocenters. The Bertz CT molecular complexity index is 159.